The van der Waals surface area contributed by atoms with Crippen molar-refractivity contribution in [2.24, 2.45) is 5.92 Å². The molecule has 0 spiro atoms. The van der Waals surface area contributed by atoms with Crippen molar-refractivity contribution < 1.29 is 9.90 Å². The van der Waals surface area contributed by atoms with Crippen molar-refractivity contribution in [3.05, 3.63) is 24.3 Å². The van der Waals surface area contributed by atoms with E-state index >= 15 is 0 Å². The van der Waals surface area contributed by atoms with Gasteiger partial charge >= 0.3 is 6.03 Å². The fourth-order valence-electron chi connectivity index (χ4n) is 4.02. The molecule has 2 amide bonds. The van der Waals surface area contributed by atoms with E-state index in [-0.39, 0.29) is 12.1 Å². The molecule has 138 valence electrons. The highest BCUT2D eigenvalue weighted by molar-refractivity contribution is 5.93. The molecule has 2 aliphatic rings. The predicted molar refractivity (Wildman–Crippen MR) is 102 cm³/mol. The molecule has 1 aliphatic heterocycles. The van der Waals surface area contributed by atoms with Crippen molar-refractivity contribution in [2.45, 2.75) is 57.5 Å². The lowest BCUT2D eigenvalue weighted by Gasteiger charge is -2.27. The summed E-state index contributed by atoms with van der Waals surface area (Å²) in [5.74, 6) is 0.385. The Labute approximate surface area is 150 Å². The standard InChI is InChI=1S/C20H31N3O2/c24-17-9-7-8-16(14-17)15-21-20(25)22-18-10-3-4-11-19(18)23-12-5-1-2-6-13-23/h3-4,10-11,16-17,24H,1-2,5-9,12-15H2,(H2,21,22,25). The number of amides is 2. The van der Waals surface area contributed by atoms with Gasteiger partial charge in [0.25, 0.3) is 0 Å². The van der Waals surface area contributed by atoms with Gasteiger partial charge in [0.15, 0.2) is 0 Å². The van der Waals surface area contributed by atoms with E-state index in [4.69, 9.17) is 0 Å². The first kappa shape index (κ1) is 18.1. The largest absolute Gasteiger partial charge is 0.393 e. The van der Waals surface area contributed by atoms with Gasteiger partial charge in [-0.1, -0.05) is 31.4 Å². The summed E-state index contributed by atoms with van der Waals surface area (Å²) in [6, 6.07) is 7.92. The SMILES string of the molecule is O=C(NCC1CCCC(O)C1)Nc1ccccc1N1CCCCCC1. The second-order valence-corrected chi connectivity index (χ2v) is 7.44. The molecule has 1 aliphatic carbocycles. The topological polar surface area (TPSA) is 64.6 Å². The average molecular weight is 345 g/mol. The Morgan fingerprint density at radius 3 is 2.60 bits per heavy atom. The van der Waals surface area contributed by atoms with Gasteiger partial charge in [-0.2, -0.15) is 0 Å². The van der Waals surface area contributed by atoms with Gasteiger partial charge in [0.05, 0.1) is 17.5 Å². The number of hydrogen-bond acceptors (Lipinski definition) is 3. The van der Waals surface area contributed by atoms with E-state index in [9.17, 15) is 9.90 Å². The number of aliphatic hydroxyl groups excluding tert-OH is 1. The molecule has 5 nitrogen and oxygen atoms in total. The lowest BCUT2D eigenvalue weighted by atomic mass is 9.87. The summed E-state index contributed by atoms with van der Waals surface area (Å²) in [6.07, 6.45) is 8.63. The number of carbonyl (C=O) groups excluding carboxylic acids is 1. The van der Waals surface area contributed by atoms with Crippen LogP contribution in [0.1, 0.15) is 51.4 Å². The molecule has 0 radical (unpaired) electrons. The molecular formula is C20H31N3O2. The minimum Gasteiger partial charge on any atom is -0.393 e. The normalized spacial score (nSPS) is 24.4. The number of nitrogens with zero attached hydrogens (tertiary/aromatic N) is 1. The maximum absolute atomic E-state index is 12.3. The van der Waals surface area contributed by atoms with Crippen molar-refractivity contribution in [1.82, 2.24) is 5.32 Å². The Hall–Kier alpha value is -1.75. The zero-order valence-corrected chi connectivity index (χ0v) is 15.0. The molecule has 3 N–H and O–H groups in total. The molecule has 0 aromatic heterocycles. The number of urea groups is 1. The summed E-state index contributed by atoms with van der Waals surface area (Å²) >= 11 is 0. The summed E-state index contributed by atoms with van der Waals surface area (Å²) in [6.45, 7) is 2.75. The van der Waals surface area contributed by atoms with Crippen molar-refractivity contribution in [2.75, 3.05) is 29.9 Å². The fourth-order valence-corrected chi connectivity index (χ4v) is 4.02. The van der Waals surface area contributed by atoms with E-state index in [1.165, 1.54) is 25.7 Å². The summed E-state index contributed by atoms with van der Waals surface area (Å²) in [4.78, 5) is 14.7. The van der Waals surface area contributed by atoms with Crippen LogP contribution in [-0.4, -0.2) is 36.9 Å². The molecule has 0 bridgehead atoms. The van der Waals surface area contributed by atoms with Crippen molar-refractivity contribution in [3.63, 3.8) is 0 Å². The van der Waals surface area contributed by atoms with E-state index in [1.54, 1.807) is 0 Å². The number of hydrogen-bond donors (Lipinski definition) is 3. The number of anilines is 2. The first-order valence-electron chi connectivity index (χ1n) is 9.79. The minimum absolute atomic E-state index is 0.151. The van der Waals surface area contributed by atoms with Crippen molar-refractivity contribution >= 4 is 17.4 Å². The predicted octanol–water partition coefficient (Wildman–Crippen LogP) is 3.74. The maximum Gasteiger partial charge on any atom is 0.319 e. The summed E-state index contributed by atoms with van der Waals surface area (Å²) in [5.41, 5.74) is 2.00. The van der Waals surface area contributed by atoms with Gasteiger partial charge in [-0.05, 0) is 50.2 Å². The summed E-state index contributed by atoms with van der Waals surface area (Å²) in [5, 5.41) is 15.8. The summed E-state index contributed by atoms with van der Waals surface area (Å²) in [7, 11) is 0. The Kier molecular flexibility index (Phi) is 6.56. The number of rotatable bonds is 4. The van der Waals surface area contributed by atoms with Gasteiger partial charge in [-0.15, -0.1) is 0 Å². The number of carbonyl (C=O) groups is 1. The smallest absolute Gasteiger partial charge is 0.319 e. The third-order valence-corrected chi connectivity index (χ3v) is 5.41. The quantitative estimate of drug-likeness (QED) is 0.779. The van der Waals surface area contributed by atoms with Crippen LogP contribution in [0.2, 0.25) is 0 Å². The number of benzene rings is 1. The van der Waals surface area contributed by atoms with Crippen LogP contribution in [0.3, 0.4) is 0 Å². The van der Waals surface area contributed by atoms with Gasteiger partial charge in [0, 0.05) is 19.6 Å². The molecule has 1 heterocycles. The Morgan fingerprint density at radius 1 is 1.08 bits per heavy atom. The van der Waals surface area contributed by atoms with Gasteiger partial charge in [-0.3, -0.25) is 0 Å². The molecule has 2 fully saturated rings. The average Bonchev–Trinajstić information content (AvgIpc) is 2.90. The Morgan fingerprint density at radius 2 is 1.84 bits per heavy atom. The van der Waals surface area contributed by atoms with E-state index in [0.717, 1.165) is 50.1 Å². The van der Waals surface area contributed by atoms with E-state index in [0.29, 0.717) is 12.5 Å². The number of aliphatic hydroxyl groups is 1. The van der Waals surface area contributed by atoms with Crippen LogP contribution in [0.15, 0.2) is 24.3 Å². The maximum atomic E-state index is 12.3. The van der Waals surface area contributed by atoms with Crippen LogP contribution in [0, 0.1) is 5.92 Å². The second kappa shape index (κ2) is 9.09. The lowest BCUT2D eigenvalue weighted by Crippen LogP contribution is -2.36. The highest BCUT2D eigenvalue weighted by Crippen LogP contribution is 2.28. The first-order valence-corrected chi connectivity index (χ1v) is 9.79. The van der Waals surface area contributed by atoms with Gasteiger partial charge < -0.3 is 20.6 Å². The molecule has 1 saturated heterocycles. The first-order chi connectivity index (χ1) is 12.2. The number of nitrogens with one attached hydrogen (secondary N) is 2. The van der Waals surface area contributed by atoms with E-state index < -0.39 is 0 Å². The van der Waals surface area contributed by atoms with Crippen LogP contribution in [-0.2, 0) is 0 Å². The van der Waals surface area contributed by atoms with E-state index in [1.807, 2.05) is 18.2 Å². The van der Waals surface area contributed by atoms with Crippen LogP contribution in [0.4, 0.5) is 16.2 Å². The van der Waals surface area contributed by atoms with Crippen LogP contribution in [0.5, 0.6) is 0 Å². The minimum atomic E-state index is -0.202. The van der Waals surface area contributed by atoms with Crippen molar-refractivity contribution in [1.29, 1.82) is 0 Å². The number of para-hydroxylation sites is 2. The van der Waals surface area contributed by atoms with Gasteiger partial charge in [0.1, 0.15) is 0 Å². The Balaban J connectivity index is 1.55. The molecule has 25 heavy (non-hydrogen) atoms. The zero-order valence-electron chi connectivity index (χ0n) is 15.0. The zero-order chi connectivity index (χ0) is 17.5. The molecule has 5 heteroatoms. The Bertz CT molecular complexity index is 556. The third kappa shape index (κ3) is 5.36. The molecular weight excluding hydrogens is 314 g/mol. The van der Waals surface area contributed by atoms with Gasteiger partial charge in [0.2, 0.25) is 0 Å². The summed E-state index contributed by atoms with van der Waals surface area (Å²) < 4.78 is 0. The molecule has 1 aromatic carbocycles. The lowest BCUT2D eigenvalue weighted by molar-refractivity contribution is 0.101. The van der Waals surface area contributed by atoms with Gasteiger partial charge in [-0.25, -0.2) is 4.79 Å². The highest BCUT2D eigenvalue weighted by atomic mass is 16.3. The molecule has 2 unspecified atom stereocenters. The van der Waals surface area contributed by atoms with Crippen LogP contribution in [0.25, 0.3) is 0 Å². The molecule has 1 aromatic rings. The highest BCUT2D eigenvalue weighted by Gasteiger charge is 2.21. The van der Waals surface area contributed by atoms with Crippen LogP contribution >= 0.6 is 0 Å². The monoisotopic (exact) mass is 345 g/mol. The van der Waals surface area contributed by atoms with E-state index in [2.05, 4.69) is 21.6 Å². The molecule has 1 saturated carbocycles. The molecule has 3 rings (SSSR count). The second-order valence-electron chi connectivity index (χ2n) is 7.44. The van der Waals surface area contributed by atoms with Crippen LogP contribution < -0.4 is 15.5 Å². The van der Waals surface area contributed by atoms with Crippen molar-refractivity contribution in [3.8, 4) is 0 Å². The molecule has 2 atom stereocenters. The third-order valence-electron chi connectivity index (χ3n) is 5.41. The fraction of sp³-hybridized carbons (Fsp3) is 0.650.